The van der Waals surface area contributed by atoms with E-state index in [1.54, 1.807) is 0 Å². The Kier molecular flexibility index (Phi) is 4.50. The van der Waals surface area contributed by atoms with Crippen molar-refractivity contribution in [3.8, 4) is 0 Å². The van der Waals surface area contributed by atoms with Gasteiger partial charge in [-0.1, -0.05) is 27.2 Å². The van der Waals surface area contributed by atoms with Crippen molar-refractivity contribution in [1.29, 1.82) is 0 Å². The smallest absolute Gasteiger partial charge is 0.422 e. The van der Waals surface area contributed by atoms with Crippen molar-refractivity contribution in [3.05, 3.63) is 0 Å². The Morgan fingerprint density at radius 2 is 2.15 bits per heavy atom. The quantitative estimate of drug-likeness (QED) is 0.731. The zero-order chi connectivity index (χ0) is 14.9. The summed E-state index contributed by atoms with van der Waals surface area (Å²) < 4.78 is 23.4. The molecule has 20 heavy (non-hydrogen) atoms. The molecule has 0 aromatic carbocycles. The molecule has 1 aliphatic carbocycles. The molecular formula is C14H22FNO4. The highest BCUT2D eigenvalue weighted by molar-refractivity contribution is 5.89. The van der Waals surface area contributed by atoms with Crippen LogP contribution in [0.3, 0.4) is 0 Å². The fourth-order valence-electron chi connectivity index (χ4n) is 3.02. The molecule has 5 nitrogen and oxygen atoms in total. The largest absolute Gasteiger partial charge is 0.445 e. The van der Waals surface area contributed by atoms with Gasteiger partial charge in [-0.15, -0.1) is 0 Å². The molecule has 0 bridgehead atoms. The summed E-state index contributed by atoms with van der Waals surface area (Å²) in [4.78, 5) is 23.7. The summed E-state index contributed by atoms with van der Waals surface area (Å²) in [6.07, 6.45) is -1.04. The average Bonchev–Trinajstić information content (AvgIpc) is 2.68. The Morgan fingerprint density at radius 3 is 2.70 bits per heavy atom. The molecule has 0 radical (unpaired) electrons. The minimum Gasteiger partial charge on any atom is -0.445 e. The number of hydrogen-bond donors (Lipinski definition) is 0. The first-order chi connectivity index (χ1) is 9.40. The first-order valence-electron chi connectivity index (χ1n) is 7.20. The van der Waals surface area contributed by atoms with Crippen LogP contribution >= 0.6 is 0 Å². The third-order valence-electron chi connectivity index (χ3n) is 4.23. The maximum absolute atomic E-state index is 13.5. The molecular weight excluding hydrogens is 265 g/mol. The molecule has 0 aromatic heterocycles. The molecule has 1 unspecified atom stereocenters. The molecule has 0 N–H and O–H groups in total. The van der Waals surface area contributed by atoms with Crippen molar-refractivity contribution < 1.29 is 23.5 Å². The van der Waals surface area contributed by atoms with Crippen molar-refractivity contribution >= 4 is 12.2 Å². The lowest BCUT2D eigenvalue weighted by atomic mass is 9.75. The highest BCUT2D eigenvalue weighted by Gasteiger charge is 2.42. The first kappa shape index (κ1) is 15.1. The topological polar surface area (TPSA) is 55.8 Å². The van der Waals surface area contributed by atoms with Crippen LogP contribution in [0.2, 0.25) is 0 Å². The minimum atomic E-state index is -1.74. The van der Waals surface area contributed by atoms with Gasteiger partial charge in [-0.05, 0) is 30.6 Å². The molecule has 0 spiro atoms. The first-order valence-corrected chi connectivity index (χ1v) is 7.20. The number of carbonyl (C=O) groups excluding carboxylic acids is 2. The van der Waals surface area contributed by atoms with Crippen LogP contribution in [0.15, 0.2) is 0 Å². The van der Waals surface area contributed by atoms with Crippen LogP contribution in [0.5, 0.6) is 0 Å². The second kappa shape index (κ2) is 5.97. The molecule has 2 fully saturated rings. The molecule has 2 rings (SSSR count). The van der Waals surface area contributed by atoms with E-state index in [0.717, 1.165) is 19.3 Å². The summed E-state index contributed by atoms with van der Waals surface area (Å²) in [5.41, 5.74) is 0. The Balaban J connectivity index is 2.02. The van der Waals surface area contributed by atoms with Crippen molar-refractivity contribution in [1.82, 2.24) is 4.90 Å². The van der Waals surface area contributed by atoms with Crippen LogP contribution in [0.25, 0.3) is 0 Å². The van der Waals surface area contributed by atoms with Crippen molar-refractivity contribution in [2.45, 2.75) is 52.4 Å². The van der Waals surface area contributed by atoms with Gasteiger partial charge in [0.05, 0.1) is 0 Å². The van der Waals surface area contributed by atoms with E-state index in [1.807, 2.05) is 0 Å². The molecule has 2 amide bonds. The van der Waals surface area contributed by atoms with Gasteiger partial charge in [-0.2, -0.15) is 4.90 Å². The zero-order valence-corrected chi connectivity index (χ0v) is 12.2. The Labute approximate surface area is 118 Å². The molecule has 1 saturated heterocycles. The number of halogens is 1. The van der Waals surface area contributed by atoms with E-state index in [0.29, 0.717) is 16.7 Å². The van der Waals surface area contributed by atoms with E-state index >= 15 is 0 Å². The van der Waals surface area contributed by atoms with Crippen LogP contribution in [-0.4, -0.2) is 36.1 Å². The number of amides is 2. The fraction of sp³-hybridized carbons (Fsp3) is 0.857. The van der Waals surface area contributed by atoms with Crippen LogP contribution < -0.4 is 0 Å². The fourth-order valence-corrected chi connectivity index (χ4v) is 3.02. The molecule has 114 valence electrons. The summed E-state index contributed by atoms with van der Waals surface area (Å²) in [7, 11) is 0. The lowest BCUT2D eigenvalue weighted by Crippen LogP contribution is -2.43. The predicted octanol–water partition coefficient (Wildman–Crippen LogP) is 3.33. The number of nitrogens with zero attached hydrogens (tertiary/aromatic N) is 1. The van der Waals surface area contributed by atoms with Gasteiger partial charge in [0.15, 0.2) is 0 Å². The Morgan fingerprint density at radius 1 is 1.45 bits per heavy atom. The molecule has 1 aliphatic heterocycles. The maximum atomic E-state index is 13.5. The number of hydrogen-bond acceptors (Lipinski definition) is 4. The van der Waals surface area contributed by atoms with Crippen LogP contribution in [0.4, 0.5) is 14.0 Å². The molecule has 6 heteroatoms. The highest BCUT2D eigenvalue weighted by atomic mass is 19.1. The van der Waals surface area contributed by atoms with Crippen molar-refractivity contribution in [2.24, 2.45) is 17.8 Å². The predicted molar refractivity (Wildman–Crippen MR) is 69.7 cm³/mol. The number of alkyl halides is 1. The van der Waals surface area contributed by atoms with Gasteiger partial charge < -0.3 is 9.47 Å². The summed E-state index contributed by atoms with van der Waals surface area (Å²) in [6, 6.07) is 0. The third kappa shape index (κ3) is 3.04. The van der Waals surface area contributed by atoms with Crippen LogP contribution in [-0.2, 0) is 9.47 Å². The Hall–Kier alpha value is -1.33. The molecule has 1 saturated carbocycles. The third-order valence-corrected chi connectivity index (χ3v) is 4.23. The lowest BCUT2D eigenvalue weighted by Gasteiger charge is -2.37. The normalized spacial score (nSPS) is 34.2. The summed E-state index contributed by atoms with van der Waals surface area (Å²) in [5.74, 6) is 1.10. The summed E-state index contributed by atoms with van der Waals surface area (Å²) in [5, 5.41) is 0. The van der Waals surface area contributed by atoms with Gasteiger partial charge in [0, 0.05) is 0 Å². The molecule has 1 heterocycles. The van der Waals surface area contributed by atoms with E-state index in [9.17, 15) is 14.0 Å². The van der Waals surface area contributed by atoms with Crippen molar-refractivity contribution in [2.75, 3.05) is 6.61 Å². The SMILES string of the molecule is CC(C)[C@@H]1CC[C@@H](C)C[C@H]1OC(=O)N1C(=O)OCC1F. The zero-order valence-electron chi connectivity index (χ0n) is 12.2. The van der Waals surface area contributed by atoms with Gasteiger partial charge in [0.1, 0.15) is 12.7 Å². The molecule has 2 aliphatic rings. The lowest BCUT2D eigenvalue weighted by molar-refractivity contribution is -0.0128. The van der Waals surface area contributed by atoms with E-state index in [2.05, 4.69) is 25.5 Å². The van der Waals surface area contributed by atoms with Gasteiger partial charge in [-0.3, -0.25) is 0 Å². The number of ether oxygens (including phenoxy) is 2. The standard InChI is InChI=1S/C14H22FNO4/c1-8(2)10-5-4-9(3)6-11(10)20-14(18)16-12(15)7-19-13(16)17/h8-12H,4-7H2,1-3H3/t9-,10+,11-,12?/m1/s1. The summed E-state index contributed by atoms with van der Waals surface area (Å²) in [6.45, 7) is 5.87. The average molecular weight is 287 g/mol. The number of cyclic esters (lactones) is 1. The van der Waals surface area contributed by atoms with E-state index in [-0.39, 0.29) is 12.0 Å². The number of carbonyl (C=O) groups is 2. The monoisotopic (exact) mass is 287 g/mol. The van der Waals surface area contributed by atoms with Gasteiger partial charge in [0.25, 0.3) is 0 Å². The summed E-state index contributed by atoms with van der Waals surface area (Å²) >= 11 is 0. The second-order valence-corrected chi connectivity index (χ2v) is 6.13. The van der Waals surface area contributed by atoms with E-state index in [4.69, 9.17) is 4.74 Å². The Bertz CT molecular complexity index is 387. The van der Waals surface area contributed by atoms with Gasteiger partial charge in [-0.25, -0.2) is 14.0 Å². The maximum Gasteiger partial charge on any atom is 0.422 e. The van der Waals surface area contributed by atoms with Gasteiger partial charge in [0.2, 0.25) is 6.30 Å². The molecule has 4 atom stereocenters. The molecule has 0 aromatic rings. The van der Waals surface area contributed by atoms with Gasteiger partial charge >= 0.3 is 12.2 Å². The minimum absolute atomic E-state index is 0.256. The number of imide groups is 1. The van der Waals surface area contributed by atoms with E-state index in [1.165, 1.54) is 0 Å². The van der Waals surface area contributed by atoms with Crippen LogP contribution in [0, 0.1) is 17.8 Å². The highest BCUT2D eigenvalue weighted by Crippen LogP contribution is 2.35. The van der Waals surface area contributed by atoms with Crippen molar-refractivity contribution in [3.63, 3.8) is 0 Å². The second-order valence-electron chi connectivity index (χ2n) is 6.13. The van der Waals surface area contributed by atoms with Crippen LogP contribution in [0.1, 0.15) is 40.0 Å². The van der Waals surface area contributed by atoms with E-state index < -0.39 is 25.1 Å². The number of rotatable bonds is 2.